The molecule has 11 heteroatoms. The Hall–Kier alpha value is -3.50. The van der Waals surface area contributed by atoms with E-state index in [1.165, 1.54) is 37.7 Å². The van der Waals surface area contributed by atoms with Crippen molar-refractivity contribution in [3.8, 4) is 22.5 Å². The highest BCUT2D eigenvalue weighted by Gasteiger charge is 2.25. The van der Waals surface area contributed by atoms with Gasteiger partial charge in [-0.1, -0.05) is 29.8 Å². The van der Waals surface area contributed by atoms with Crippen molar-refractivity contribution >= 4 is 27.6 Å². The molecule has 0 atom stereocenters. The number of aromatic amines is 1. The second-order valence-electron chi connectivity index (χ2n) is 6.10. The maximum atomic E-state index is 12.9. The maximum absolute atomic E-state index is 12.9. The molecule has 9 nitrogen and oxygen atoms in total. The van der Waals surface area contributed by atoms with Crippen LogP contribution in [-0.2, 0) is 14.8 Å². The normalized spacial score (nSPS) is 11.4. The number of aromatic nitrogens is 5. The fourth-order valence-electron chi connectivity index (χ4n) is 2.88. The lowest BCUT2D eigenvalue weighted by Gasteiger charge is -2.05. The zero-order valence-corrected chi connectivity index (χ0v) is 17.1. The molecule has 0 saturated heterocycles. The van der Waals surface area contributed by atoms with Crippen LogP contribution in [0.5, 0.6) is 0 Å². The summed E-state index contributed by atoms with van der Waals surface area (Å²) in [5.74, 6) is -0.656. The van der Waals surface area contributed by atoms with Crippen molar-refractivity contribution in [1.29, 1.82) is 0 Å². The quantitative estimate of drug-likeness (QED) is 0.470. The van der Waals surface area contributed by atoms with Crippen LogP contribution < -0.4 is 0 Å². The zero-order valence-electron chi connectivity index (χ0n) is 15.5. The molecule has 1 N–H and O–H groups in total. The highest BCUT2D eigenvalue weighted by Crippen LogP contribution is 2.33. The van der Waals surface area contributed by atoms with E-state index in [1.807, 2.05) is 0 Å². The first-order valence-electron chi connectivity index (χ1n) is 8.57. The van der Waals surface area contributed by atoms with Gasteiger partial charge in [0.05, 0.1) is 23.3 Å². The van der Waals surface area contributed by atoms with Crippen LogP contribution in [0.15, 0.2) is 65.8 Å². The van der Waals surface area contributed by atoms with Gasteiger partial charge in [0.25, 0.3) is 10.0 Å². The van der Waals surface area contributed by atoms with Crippen molar-refractivity contribution in [2.75, 3.05) is 7.11 Å². The Morgan fingerprint density at radius 2 is 1.87 bits per heavy atom. The van der Waals surface area contributed by atoms with Gasteiger partial charge in [-0.25, -0.2) is 17.2 Å². The molecule has 0 spiro atoms. The molecule has 0 unspecified atom stereocenters. The molecule has 0 amide bonds. The molecule has 0 aliphatic heterocycles. The Morgan fingerprint density at radius 3 is 2.53 bits per heavy atom. The number of methoxy groups -OCH3 is 1. The number of ether oxygens (including phenoxy) is 1. The average Bonchev–Trinajstić information content (AvgIpc) is 3.42. The molecule has 30 heavy (non-hydrogen) atoms. The third-order valence-corrected chi connectivity index (χ3v) is 6.16. The van der Waals surface area contributed by atoms with Crippen LogP contribution in [0.4, 0.5) is 0 Å². The topological polar surface area (TPSA) is 120 Å². The fourth-order valence-corrected chi connectivity index (χ4v) is 4.20. The van der Waals surface area contributed by atoms with E-state index < -0.39 is 16.0 Å². The lowest BCUT2D eigenvalue weighted by atomic mass is 10.1. The number of hydrogen-bond acceptors (Lipinski definition) is 7. The van der Waals surface area contributed by atoms with Gasteiger partial charge in [-0.2, -0.15) is 5.10 Å². The molecule has 0 bridgehead atoms. The SMILES string of the molecule is COC(=O)c1[nH]nc(-c2ccn(S(=O)(=O)c3ccccc3)c2)c1-c1ccc(Cl)nn1. The van der Waals surface area contributed by atoms with Crippen LogP contribution in [0.2, 0.25) is 5.15 Å². The Balaban J connectivity index is 1.84. The van der Waals surface area contributed by atoms with E-state index in [1.54, 1.807) is 30.3 Å². The van der Waals surface area contributed by atoms with Gasteiger partial charge in [0.2, 0.25) is 0 Å². The number of esters is 1. The monoisotopic (exact) mass is 443 g/mol. The van der Waals surface area contributed by atoms with Crippen molar-refractivity contribution in [3.63, 3.8) is 0 Å². The van der Waals surface area contributed by atoms with Gasteiger partial charge in [0.1, 0.15) is 5.69 Å². The molecule has 0 saturated carbocycles. The third kappa shape index (κ3) is 3.46. The first-order valence-corrected chi connectivity index (χ1v) is 10.4. The second kappa shape index (κ2) is 7.73. The Labute approximate surface area is 176 Å². The molecule has 0 aliphatic carbocycles. The van der Waals surface area contributed by atoms with E-state index in [0.717, 1.165) is 3.97 Å². The minimum Gasteiger partial charge on any atom is -0.464 e. The van der Waals surface area contributed by atoms with E-state index in [4.69, 9.17) is 16.3 Å². The number of nitrogens with one attached hydrogen (secondary N) is 1. The highest BCUT2D eigenvalue weighted by atomic mass is 35.5. The highest BCUT2D eigenvalue weighted by molar-refractivity contribution is 7.90. The Kier molecular flexibility index (Phi) is 5.10. The summed E-state index contributed by atoms with van der Waals surface area (Å²) in [5.41, 5.74) is 1.47. The average molecular weight is 444 g/mol. The van der Waals surface area contributed by atoms with Gasteiger partial charge < -0.3 is 4.74 Å². The molecule has 0 radical (unpaired) electrons. The van der Waals surface area contributed by atoms with Gasteiger partial charge >= 0.3 is 5.97 Å². The largest absolute Gasteiger partial charge is 0.464 e. The van der Waals surface area contributed by atoms with E-state index in [-0.39, 0.29) is 15.7 Å². The Bertz CT molecular complexity index is 1310. The van der Waals surface area contributed by atoms with Crippen molar-refractivity contribution in [1.82, 2.24) is 24.4 Å². The molecule has 0 fully saturated rings. The number of rotatable bonds is 5. The minimum atomic E-state index is -3.78. The molecular formula is C19H14ClN5O4S. The summed E-state index contributed by atoms with van der Waals surface area (Å²) < 4.78 is 31.6. The van der Waals surface area contributed by atoms with Crippen LogP contribution in [0, 0.1) is 0 Å². The lowest BCUT2D eigenvalue weighted by molar-refractivity contribution is 0.0595. The second-order valence-corrected chi connectivity index (χ2v) is 8.33. The van der Waals surface area contributed by atoms with Gasteiger partial charge in [-0.3, -0.25) is 5.10 Å². The summed E-state index contributed by atoms with van der Waals surface area (Å²) >= 11 is 5.81. The van der Waals surface area contributed by atoms with Gasteiger partial charge in [-0.15, -0.1) is 10.2 Å². The van der Waals surface area contributed by atoms with Crippen molar-refractivity contribution < 1.29 is 17.9 Å². The Morgan fingerprint density at radius 1 is 1.10 bits per heavy atom. The number of carbonyl (C=O) groups is 1. The summed E-state index contributed by atoms with van der Waals surface area (Å²) in [4.78, 5) is 12.3. The number of halogens is 1. The first kappa shape index (κ1) is 19.8. The zero-order chi connectivity index (χ0) is 21.3. The van der Waals surface area contributed by atoms with Crippen LogP contribution in [-0.4, -0.2) is 45.9 Å². The number of carbonyl (C=O) groups excluding carboxylic acids is 1. The van der Waals surface area contributed by atoms with Crippen molar-refractivity contribution in [2.24, 2.45) is 0 Å². The molecule has 4 aromatic rings. The predicted molar refractivity (Wildman–Crippen MR) is 108 cm³/mol. The van der Waals surface area contributed by atoms with Crippen LogP contribution in [0.25, 0.3) is 22.5 Å². The summed E-state index contributed by atoms with van der Waals surface area (Å²) in [6.07, 6.45) is 2.81. The van der Waals surface area contributed by atoms with Crippen LogP contribution in [0.1, 0.15) is 10.5 Å². The van der Waals surface area contributed by atoms with Gasteiger partial charge in [-0.05, 0) is 30.3 Å². The van der Waals surface area contributed by atoms with E-state index in [0.29, 0.717) is 22.5 Å². The number of H-pyrrole nitrogens is 1. The van der Waals surface area contributed by atoms with Crippen LogP contribution in [0.3, 0.4) is 0 Å². The van der Waals surface area contributed by atoms with E-state index >= 15 is 0 Å². The lowest BCUT2D eigenvalue weighted by Crippen LogP contribution is -2.10. The van der Waals surface area contributed by atoms with Crippen LogP contribution >= 0.6 is 11.6 Å². The molecule has 4 rings (SSSR count). The van der Waals surface area contributed by atoms with E-state index in [2.05, 4.69) is 20.4 Å². The van der Waals surface area contributed by atoms with Crippen molar-refractivity contribution in [2.45, 2.75) is 4.90 Å². The standard InChI is InChI=1S/C19H14ClN5O4S/c1-29-19(26)18-16(14-7-8-15(20)22-21-14)17(23-24-18)12-9-10-25(11-12)30(27,28)13-5-3-2-4-6-13/h2-11H,1H3,(H,23,24). The summed E-state index contributed by atoms with van der Waals surface area (Å²) in [5, 5.41) is 14.8. The van der Waals surface area contributed by atoms with E-state index in [9.17, 15) is 13.2 Å². The van der Waals surface area contributed by atoms with Crippen molar-refractivity contribution in [3.05, 3.63) is 71.8 Å². The smallest absolute Gasteiger partial charge is 0.356 e. The molecule has 3 aromatic heterocycles. The molecular weight excluding hydrogens is 430 g/mol. The van der Waals surface area contributed by atoms with Gasteiger partial charge in [0.15, 0.2) is 10.8 Å². The summed E-state index contributed by atoms with van der Waals surface area (Å²) in [6, 6.07) is 12.7. The molecule has 1 aromatic carbocycles. The molecule has 0 aliphatic rings. The number of nitrogens with zero attached hydrogens (tertiary/aromatic N) is 4. The minimum absolute atomic E-state index is 0.0581. The molecule has 152 valence electrons. The number of benzene rings is 1. The summed E-state index contributed by atoms with van der Waals surface area (Å²) in [7, 11) is -2.54. The third-order valence-electron chi connectivity index (χ3n) is 4.30. The first-order chi connectivity index (χ1) is 14.4. The number of hydrogen-bond donors (Lipinski definition) is 1. The molecule has 3 heterocycles. The summed E-state index contributed by atoms with van der Waals surface area (Å²) in [6.45, 7) is 0. The van der Waals surface area contributed by atoms with Gasteiger partial charge in [0, 0.05) is 18.0 Å². The maximum Gasteiger partial charge on any atom is 0.356 e. The fraction of sp³-hybridized carbons (Fsp3) is 0.0526. The predicted octanol–water partition coefficient (Wildman–Crippen LogP) is 3.01.